The lowest BCUT2D eigenvalue weighted by Gasteiger charge is -2.44. The number of aliphatic hydroxyl groups is 3. The number of esters is 1. The normalized spacial score (nSPS) is 34.1. The zero-order valence-corrected chi connectivity index (χ0v) is 9.99. The second kappa shape index (κ2) is 5.28. The lowest BCUT2D eigenvalue weighted by molar-refractivity contribution is -0.346. The molecule has 1 aliphatic rings. The van der Waals surface area contributed by atoms with Gasteiger partial charge in [0.2, 0.25) is 0 Å². The highest BCUT2D eigenvalue weighted by molar-refractivity contribution is 5.75. The molecule has 0 saturated carbocycles. The van der Waals surface area contributed by atoms with Crippen molar-refractivity contribution >= 4 is 5.97 Å². The fourth-order valence-electron chi connectivity index (χ4n) is 1.72. The monoisotopic (exact) mass is 250 g/mol. The molecule has 0 unspecified atom stereocenters. The number of aliphatic hydroxyl groups excluding tert-OH is 3. The van der Waals surface area contributed by atoms with Gasteiger partial charge in [-0.05, 0) is 13.8 Å². The summed E-state index contributed by atoms with van der Waals surface area (Å²) in [6.07, 6.45) is -5.08. The summed E-state index contributed by atoms with van der Waals surface area (Å²) in [5, 5.41) is 28.5. The summed E-state index contributed by atoms with van der Waals surface area (Å²) in [6.45, 7) is 2.66. The fourth-order valence-corrected chi connectivity index (χ4v) is 1.72. The molecule has 0 spiro atoms. The third-order valence-corrected chi connectivity index (χ3v) is 2.51. The summed E-state index contributed by atoms with van der Waals surface area (Å²) in [5.74, 6) is -2.03. The van der Waals surface area contributed by atoms with Crippen LogP contribution in [0.3, 0.4) is 0 Å². The third-order valence-electron chi connectivity index (χ3n) is 2.51. The van der Waals surface area contributed by atoms with Crippen LogP contribution in [0.1, 0.15) is 13.8 Å². The molecular weight excluding hydrogens is 232 g/mol. The molecule has 1 heterocycles. The standard InChI is InChI=1S/C10H18O7/c1-10(2)16-5(4-11)6(12)8(17-10)7(13)9(14)15-3/h5-8,11-13H,4H2,1-3H3/t5-,6+,7-,8-/m1/s1. The summed E-state index contributed by atoms with van der Waals surface area (Å²) in [5.41, 5.74) is 0. The van der Waals surface area contributed by atoms with Gasteiger partial charge in [0.25, 0.3) is 0 Å². The third kappa shape index (κ3) is 3.14. The molecule has 0 aromatic rings. The number of ether oxygens (including phenoxy) is 3. The van der Waals surface area contributed by atoms with Gasteiger partial charge in [0.05, 0.1) is 13.7 Å². The van der Waals surface area contributed by atoms with Gasteiger partial charge in [-0.3, -0.25) is 0 Å². The van der Waals surface area contributed by atoms with Gasteiger partial charge in [0, 0.05) is 0 Å². The predicted octanol–water partition coefficient (Wildman–Crippen LogP) is -1.61. The van der Waals surface area contributed by atoms with Crippen molar-refractivity contribution in [3.8, 4) is 0 Å². The van der Waals surface area contributed by atoms with Crippen LogP contribution >= 0.6 is 0 Å². The summed E-state index contributed by atoms with van der Waals surface area (Å²) < 4.78 is 14.9. The van der Waals surface area contributed by atoms with E-state index in [-0.39, 0.29) is 0 Å². The van der Waals surface area contributed by atoms with Gasteiger partial charge in [-0.15, -0.1) is 0 Å². The quantitative estimate of drug-likeness (QED) is 0.518. The molecule has 0 aromatic carbocycles. The Balaban J connectivity index is 2.85. The highest BCUT2D eigenvalue weighted by Crippen LogP contribution is 2.28. The second-order valence-electron chi connectivity index (χ2n) is 4.28. The van der Waals surface area contributed by atoms with Crippen molar-refractivity contribution < 1.29 is 34.3 Å². The molecular formula is C10H18O7. The Hall–Kier alpha value is -0.730. The lowest BCUT2D eigenvalue weighted by atomic mass is 10.0. The van der Waals surface area contributed by atoms with Crippen LogP contribution in [0.4, 0.5) is 0 Å². The Morgan fingerprint density at radius 3 is 2.53 bits per heavy atom. The fraction of sp³-hybridized carbons (Fsp3) is 0.900. The van der Waals surface area contributed by atoms with Crippen LogP contribution in [0.2, 0.25) is 0 Å². The van der Waals surface area contributed by atoms with Crippen LogP contribution in [0, 0.1) is 0 Å². The average molecular weight is 250 g/mol. The number of hydrogen-bond donors (Lipinski definition) is 3. The van der Waals surface area contributed by atoms with Gasteiger partial charge in [-0.2, -0.15) is 0 Å². The van der Waals surface area contributed by atoms with E-state index in [2.05, 4.69) is 4.74 Å². The van der Waals surface area contributed by atoms with E-state index in [1.165, 1.54) is 0 Å². The van der Waals surface area contributed by atoms with Crippen molar-refractivity contribution in [3.63, 3.8) is 0 Å². The molecule has 4 atom stereocenters. The Labute approximate surface area is 98.9 Å². The molecule has 7 heteroatoms. The summed E-state index contributed by atoms with van der Waals surface area (Å²) in [4.78, 5) is 11.2. The van der Waals surface area contributed by atoms with Crippen molar-refractivity contribution in [1.82, 2.24) is 0 Å². The minimum absolute atomic E-state index is 0.446. The zero-order valence-electron chi connectivity index (χ0n) is 9.99. The summed E-state index contributed by atoms with van der Waals surface area (Å²) >= 11 is 0. The van der Waals surface area contributed by atoms with Gasteiger partial charge in [-0.25, -0.2) is 4.79 Å². The first kappa shape index (κ1) is 14.3. The van der Waals surface area contributed by atoms with E-state index in [1.807, 2.05) is 0 Å². The average Bonchev–Trinajstić information content (AvgIpc) is 2.29. The van der Waals surface area contributed by atoms with Crippen LogP contribution < -0.4 is 0 Å². The first-order valence-electron chi connectivity index (χ1n) is 5.23. The Bertz CT molecular complexity index is 278. The maximum Gasteiger partial charge on any atom is 0.337 e. The van der Waals surface area contributed by atoms with Gasteiger partial charge in [-0.1, -0.05) is 0 Å². The molecule has 1 fully saturated rings. The number of methoxy groups -OCH3 is 1. The minimum Gasteiger partial charge on any atom is -0.467 e. The topological polar surface area (TPSA) is 105 Å². The zero-order chi connectivity index (χ0) is 13.2. The molecule has 0 bridgehead atoms. The van der Waals surface area contributed by atoms with Crippen molar-refractivity contribution in [1.29, 1.82) is 0 Å². The van der Waals surface area contributed by atoms with Crippen LogP contribution in [0.5, 0.6) is 0 Å². The summed E-state index contributed by atoms with van der Waals surface area (Å²) in [6, 6.07) is 0. The van der Waals surface area contributed by atoms with E-state index in [0.717, 1.165) is 7.11 Å². The van der Waals surface area contributed by atoms with Gasteiger partial charge in [0.1, 0.15) is 18.3 Å². The van der Waals surface area contributed by atoms with Crippen molar-refractivity contribution in [2.45, 2.75) is 44.1 Å². The van der Waals surface area contributed by atoms with E-state index in [0.29, 0.717) is 0 Å². The van der Waals surface area contributed by atoms with Crippen LogP contribution in [0.25, 0.3) is 0 Å². The molecule has 100 valence electrons. The van der Waals surface area contributed by atoms with Crippen LogP contribution in [0.15, 0.2) is 0 Å². The van der Waals surface area contributed by atoms with Crippen LogP contribution in [-0.2, 0) is 19.0 Å². The molecule has 0 aromatic heterocycles. The van der Waals surface area contributed by atoms with Crippen molar-refractivity contribution in [2.24, 2.45) is 0 Å². The smallest absolute Gasteiger partial charge is 0.337 e. The molecule has 0 radical (unpaired) electrons. The van der Waals surface area contributed by atoms with E-state index < -0.39 is 42.8 Å². The Kier molecular flexibility index (Phi) is 4.45. The molecule has 1 aliphatic heterocycles. The van der Waals surface area contributed by atoms with E-state index in [9.17, 15) is 15.0 Å². The Morgan fingerprint density at radius 1 is 1.47 bits per heavy atom. The van der Waals surface area contributed by atoms with E-state index in [4.69, 9.17) is 14.6 Å². The maximum atomic E-state index is 11.2. The number of rotatable bonds is 3. The highest BCUT2D eigenvalue weighted by Gasteiger charge is 2.47. The van der Waals surface area contributed by atoms with Crippen molar-refractivity contribution in [3.05, 3.63) is 0 Å². The number of hydrogen-bond acceptors (Lipinski definition) is 7. The van der Waals surface area contributed by atoms with E-state index >= 15 is 0 Å². The van der Waals surface area contributed by atoms with Gasteiger partial charge < -0.3 is 29.5 Å². The molecule has 1 rings (SSSR count). The molecule has 1 saturated heterocycles. The van der Waals surface area contributed by atoms with Crippen molar-refractivity contribution in [2.75, 3.05) is 13.7 Å². The predicted molar refractivity (Wildman–Crippen MR) is 54.9 cm³/mol. The maximum absolute atomic E-state index is 11.2. The molecule has 0 aliphatic carbocycles. The van der Waals surface area contributed by atoms with Crippen LogP contribution in [-0.4, -0.2) is 65.2 Å². The second-order valence-corrected chi connectivity index (χ2v) is 4.28. The SMILES string of the molecule is COC(=O)[C@H](O)[C@@H]1OC(C)(C)O[C@H](CO)[C@@H]1O. The highest BCUT2D eigenvalue weighted by atomic mass is 16.7. The first-order chi connectivity index (χ1) is 7.82. The lowest BCUT2D eigenvalue weighted by Crippen LogP contribution is -2.60. The number of carbonyl (C=O) groups excluding carboxylic acids is 1. The molecule has 17 heavy (non-hydrogen) atoms. The number of carbonyl (C=O) groups is 1. The molecule has 3 N–H and O–H groups in total. The van der Waals surface area contributed by atoms with E-state index in [1.54, 1.807) is 13.8 Å². The first-order valence-corrected chi connectivity index (χ1v) is 5.23. The molecule has 7 nitrogen and oxygen atoms in total. The largest absolute Gasteiger partial charge is 0.467 e. The van der Waals surface area contributed by atoms with Gasteiger partial charge in [0.15, 0.2) is 11.9 Å². The van der Waals surface area contributed by atoms with Gasteiger partial charge >= 0.3 is 5.97 Å². The molecule has 0 amide bonds. The summed E-state index contributed by atoms with van der Waals surface area (Å²) in [7, 11) is 1.12. The minimum atomic E-state index is -1.63. The Morgan fingerprint density at radius 2 is 2.06 bits per heavy atom.